The summed E-state index contributed by atoms with van der Waals surface area (Å²) in [6.07, 6.45) is 2.74. The Kier molecular flexibility index (Phi) is 5.21. The molecule has 7 nitrogen and oxygen atoms in total. The molecule has 0 atom stereocenters. The fourth-order valence-corrected chi connectivity index (χ4v) is 3.20. The number of piperidine rings is 1. The smallest absolute Gasteiger partial charge is 0.251 e. The summed E-state index contributed by atoms with van der Waals surface area (Å²) in [6.45, 7) is 4.42. The number of nitrogens with one attached hydrogen (secondary N) is 3. The third-order valence-corrected chi connectivity index (χ3v) is 4.90. The van der Waals surface area contributed by atoms with Crippen molar-refractivity contribution in [3.8, 4) is 0 Å². The van der Waals surface area contributed by atoms with Gasteiger partial charge in [-0.25, -0.2) is 0 Å². The second kappa shape index (κ2) is 7.55. The van der Waals surface area contributed by atoms with Crippen molar-refractivity contribution in [1.29, 1.82) is 0 Å². The highest BCUT2D eigenvalue weighted by molar-refractivity contribution is 6.05. The van der Waals surface area contributed by atoms with E-state index in [1.807, 2.05) is 24.3 Å². The largest absolute Gasteiger partial charge is 0.372 e. The molecule has 3 amide bonds. The van der Waals surface area contributed by atoms with Crippen LogP contribution < -0.4 is 21.1 Å². The number of nitrogens with zero attached hydrogens (tertiary/aromatic N) is 1. The highest BCUT2D eigenvalue weighted by atomic mass is 16.2. The molecule has 0 aromatic heterocycles. The van der Waals surface area contributed by atoms with Gasteiger partial charge in [0, 0.05) is 30.9 Å². The fraction of sp³-hybridized carbons (Fsp3) is 0.500. The van der Waals surface area contributed by atoms with Crippen molar-refractivity contribution in [2.75, 3.05) is 23.3 Å². The Hall–Kier alpha value is -2.57. The lowest BCUT2D eigenvalue weighted by atomic mass is 9.99. The summed E-state index contributed by atoms with van der Waals surface area (Å²) in [6, 6.07) is 7.81. The molecule has 3 rings (SSSR count). The zero-order valence-corrected chi connectivity index (χ0v) is 14.4. The van der Waals surface area contributed by atoms with Crippen LogP contribution in [0.15, 0.2) is 24.3 Å². The van der Waals surface area contributed by atoms with Gasteiger partial charge >= 0.3 is 0 Å². The predicted octanol–water partition coefficient (Wildman–Crippen LogP) is 1.42. The molecule has 0 saturated carbocycles. The van der Waals surface area contributed by atoms with Crippen LogP contribution in [-0.4, -0.2) is 30.8 Å². The normalized spacial score (nSPS) is 18.8. The molecular formula is C18H24N4O3. The lowest BCUT2D eigenvalue weighted by Gasteiger charge is -2.32. The van der Waals surface area contributed by atoms with Gasteiger partial charge in [0.05, 0.1) is 0 Å². The zero-order valence-electron chi connectivity index (χ0n) is 14.4. The van der Waals surface area contributed by atoms with Gasteiger partial charge < -0.3 is 10.2 Å². The highest BCUT2D eigenvalue weighted by Gasteiger charge is 2.32. The van der Waals surface area contributed by atoms with Crippen LogP contribution in [0.4, 0.5) is 11.4 Å². The van der Waals surface area contributed by atoms with E-state index in [1.54, 1.807) is 0 Å². The number of carbonyl (C=O) groups excluding carboxylic acids is 3. The Balaban J connectivity index is 1.48. The number of hydrogen-bond donors (Lipinski definition) is 3. The Morgan fingerprint density at radius 2 is 1.72 bits per heavy atom. The zero-order chi connectivity index (χ0) is 17.8. The van der Waals surface area contributed by atoms with Crippen LogP contribution in [0.3, 0.4) is 0 Å². The minimum Gasteiger partial charge on any atom is -0.372 e. The molecule has 2 saturated heterocycles. The fourth-order valence-electron chi connectivity index (χ4n) is 3.20. The summed E-state index contributed by atoms with van der Waals surface area (Å²) in [5.74, 6) is -0.948. The number of amides is 3. The van der Waals surface area contributed by atoms with Gasteiger partial charge in [-0.1, -0.05) is 6.92 Å². The number of hydrazine groups is 1. The Labute approximate surface area is 147 Å². The first kappa shape index (κ1) is 17.3. The van der Waals surface area contributed by atoms with E-state index < -0.39 is 5.92 Å². The molecule has 7 heteroatoms. The minimum absolute atomic E-state index is 0.122. The van der Waals surface area contributed by atoms with Crippen molar-refractivity contribution >= 4 is 29.1 Å². The summed E-state index contributed by atoms with van der Waals surface area (Å²) in [5.41, 5.74) is 6.41. The number of anilines is 2. The van der Waals surface area contributed by atoms with Gasteiger partial charge in [0.2, 0.25) is 5.91 Å². The van der Waals surface area contributed by atoms with Crippen molar-refractivity contribution in [3.63, 3.8) is 0 Å². The van der Waals surface area contributed by atoms with Gasteiger partial charge in [-0.15, -0.1) is 0 Å². The van der Waals surface area contributed by atoms with Crippen LogP contribution in [0.1, 0.15) is 32.6 Å². The third-order valence-electron chi connectivity index (χ3n) is 4.90. The average Bonchev–Trinajstić information content (AvgIpc) is 2.93. The maximum Gasteiger partial charge on any atom is 0.251 e. The van der Waals surface area contributed by atoms with E-state index in [2.05, 4.69) is 28.0 Å². The molecule has 2 fully saturated rings. The van der Waals surface area contributed by atoms with E-state index in [9.17, 15) is 14.4 Å². The van der Waals surface area contributed by atoms with E-state index in [4.69, 9.17) is 0 Å². The maximum atomic E-state index is 12.0. The molecular weight excluding hydrogens is 320 g/mol. The molecule has 1 aromatic carbocycles. The van der Waals surface area contributed by atoms with Gasteiger partial charge in [0.1, 0.15) is 5.92 Å². The molecule has 0 unspecified atom stereocenters. The predicted molar refractivity (Wildman–Crippen MR) is 94.7 cm³/mol. The molecule has 0 aliphatic carbocycles. The monoisotopic (exact) mass is 344 g/mol. The van der Waals surface area contributed by atoms with Crippen LogP contribution in [0.2, 0.25) is 0 Å². The topological polar surface area (TPSA) is 90.5 Å². The van der Waals surface area contributed by atoms with Crippen molar-refractivity contribution in [2.45, 2.75) is 32.6 Å². The standard InChI is InChI=1S/C18H24N4O3/c1-12-8-10-22(11-9-12)14-4-2-13(3-5-14)19-16(23)7-6-15-17(24)20-21-18(15)25/h2-5,12,15H,6-11H2,1H3,(H,19,23)(H,20,24)(H,21,25). The molecule has 25 heavy (non-hydrogen) atoms. The maximum absolute atomic E-state index is 12.0. The summed E-state index contributed by atoms with van der Waals surface area (Å²) >= 11 is 0. The van der Waals surface area contributed by atoms with Gasteiger partial charge in [-0.3, -0.25) is 25.2 Å². The minimum atomic E-state index is -0.783. The quantitative estimate of drug-likeness (QED) is 0.705. The Bertz CT molecular complexity index is 635. The SMILES string of the molecule is CC1CCN(c2ccc(NC(=O)CCC3C(=O)NNC3=O)cc2)CC1. The molecule has 0 radical (unpaired) electrons. The first-order chi connectivity index (χ1) is 12.0. The van der Waals surface area contributed by atoms with E-state index >= 15 is 0 Å². The lowest BCUT2D eigenvalue weighted by molar-refractivity contribution is -0.128. The second-order valence-electron chi connectivity index (χ2n) is 6.83. The van der Waals surface area contributed by atoms with Gasteiger partial charge in [0.25, 0.3) is 11.8 Å². The molecule has 2 aliphatic heterocycles. The van der Waals surface area contributed by atoms with Gasteiger partial charge in [-0.05, 0) is 49.4 Å². The molecule has 1 aromatic rings. The lowest BCUT2D eigenvalue weighted by Crippen LogP contribution is -2.32. The van der Waals surface area contributed by atoms with Crippen LogP contribution in [0.25, 0.3) is 0 Å². The number of carbonyl (C=O) groups is 3. The third kappa shape index (κ3) is 4.29. The van der Waals surface area contributed by atoms with Crippen molar-refractivity contribution < 1.29 is 14.4 Å². The second-order valence-corrected chi connectivity index (χ2v) is 6.83. The first-order valence-electron chi connectivity index (χ1n) is 8.77. The van der Waals surface area contributed by atoms with Crippen LogP contribution in [0.5, 0.6) is 0 Å². The van der Waals surface area contributed by atoms with Gasteiger partial charge in [0.15, 0.2) is 0 Å². The number of rotatable bonds is 5. The summed E-state index contributed by atoms with van der Waals surface area (Å²) in [5, 5.41) is 2.81. The summed E-state index contributed by atoms with van der Waals surface area (Å²) < 4.78 is 0. The number of benzene rings is 1. The summed E-state index contributed by atoms with van der Waals surface area (Å²) in [7, 11) is 0. The highest BCUT2D eigenvalue weighted by Crippen LogP contribution is 2.24. The van der Waals surface area contributed by atoms with E-state index in [-0.39, 0.29) is 30.6 Å². The Morgan fingerprint density at radius 3 is 2.32 bits per heavy atom. The van der Waals surface area contributed by atoms with E-state index in [0.717, 1.165) is 24.7 Å². The molecule has 2 heterocycles. The van der Waals surface area contributed by atoms with E-state index in [1.165, 1.54) is 18.5 Å². The molecule has 134 valence electrons. The number of hydrogen-bond acceptors (Lipinski definition) is 4. The molecule has 0 bridgehead atoms. The van der Waals surface area contributed by atoms with Gasteiger partial charge in [-0.2, -0.15) is 0 Å². The Morgan fingerprint density at radius 1 is 1.12 bits per heavy atom. The van der Waals surface area contributed by atoms with Crippen molar-refractivity contribution in [3.05, 3.63) is 24.3 Å². The molecule has 3 N–H and O–H groups in total. The van der Waals surface area contributed by atoms with Crippen LogP contribution in [0, 0.1) is 11.8 Å². The van der Waals surface area contributed by atoms with Crippen LogP contribution in [-0.2, 0) is 14.4 Å². The summed E-state index contributed by atoms with van der Waals surface area (Å²) in [4.78, 5) is 37.2. The van der Waals surface area contributed by atoms with Crippen molar-refractivity contribution in [1.82, 2.24) is 10.9 Å². The van der Waals surface area contributed by atoms with E-state index in [0.29, 0.717) is 0 Å². The first-order valence-corrected chi connectivity index (χ1v) is 8.77. The van der Waals surface area contributed by atoms with Crippen molar-refractivity contribution in [2.24, 2.45) is 11.8 Å². The van der Waals surface area contributed by atoms with Crippen LogP contribution >= 0.6 is 0 Å². The molecule has 0 spiro atoms. The average molecular weight is 344 g/mol. The molecule has 2 aliphatic rings.